The summed E-state index contributed by atoms with van der Waals surface area (Å²) in [5, 5.41) is 12.6. The van der Waals surface area contributed by atoms with Crippen molar-refractivity contribution < 1.29 is 24.2 Å². The number of hydrogen-bond donors (Lipinski definition) is 2. The summed E-state index contributed by atoms with van der Waals surface area (Å²) in [5.74, 6) is -1.64. The van der Waals surface area contributed by atoms with Gasteiger partial charge in [-0.2, -0.15) is 0 Å². The van der Waals surface area contributed by atoms with Crippen LogP contribution in [0.2, 0.25) is 0 Å². The van der Waals surface area contributed by atoms with Gasteiger partial charge in [-0.25, -0.2) is 9.59 Å². The van der Waals surface area contributed by atoms with E-state index in [1.54, 1.807) is 0 Å². The number of hydrogen-bond acceptors (Lipinski definition) is 4. The third-order valence-electron chi connectivity index (χ3n) is 6.66. The molecule has 186 valence electrons. The van der Waals surface area contributed by atoms with Crippen LogP contribution in [0.1, 0.15) is 33.4 Å². The van der Waals surface area contributed by atoms with Gasteiger partial charge in [0.15, 0.2) is 0 Å². The second-order valence-corrected chi connectivity index (χ2v) is 9.13. The first kappa shape index (κ1) is 25.0. The van der Waals surface area contributed by atoms with E-state index in [-0.39, 0.29) is 26.0 Å². The Kier molecular flexibility index (Phi) is 7.68. The highest BCUT2D eigenvalue weighted by atomic mass is 16.6. The number of ether oxygens (including phenoxy) is 1. The molecule has 0 unspecified atom stereocenters. The van der Waals surface area contributed by atoms with E-state index in [4.69, 9.17) is 4.74 Å². The van der Waals surface area contributed by atoms with E-state index in [0.29, 0.717) is 0 Å². The van der Waals surface area contributed by atoms with Crippen molar-refractivity contribution >= 4 is 18.0 Å². The second-order valence-electron chi connectivity index (χ2n) is 9.13. The van der Waals surface area contributed by atoms with E-state index in [9.17, 15) is 19.5 Å². The minimum Gasteiger partial charge on any atom is -0.480 e. The van der Waals surface area contributed by atoms with Gasteiger partial charge in [-0.15, -0.1) is 0 Å². The lowest BCUT2D eigenvalue weighted by Crippen LogP contribution is -2.56. The third kappa shape index (κ3) is 5.74. The van der Waals surface area contributed by atoms with Crippen LogP contribution in [0.5, 0.6) is 0 Å². The number of carboxylic acid groups (broad SMARTS) is 1. The van der Waals surface area contributed by atoms with E-state index in [2.05, 4.69) is 5.32 Å². The molecule has 4 rings (SSSR count). The standard InChI is InChI=1S/C29H30N2O5/c1-19-9-8-10-20(2)24(19)16-25(28(33)34)30-27(32)26-15-22-13-6-7-14-23(22)17-31(26)29(35)36-18-21-11-4-3-5-12-21/h3-14,25-26H,15-18H2,1-2H3,(H,30,32)(H,33,34)/t25-,26-/m0/s1. The van der Waals surface area contributed by atoms with Crippen molar-refractivity contribution in [3.8, 4) is 0 Å². The SMILES string of the molecule is Cc1cccc(C)c1C[C@H](NC(=O)[C@@H]1Cc2ccccc2CN1C(=O)OCc1ccccc1)C(=O)O. The number of amides is 2. The molecule has 3 aromatic carbocycles. The van der Waals surface area contributed by atoms with Crippen molar-refractivity contribution in [3.05, 3.63) is 106 Å². The fraction of sp³-hybridized carbons (Fsp3) is 0.276. The molecule has 0 spiro atoms. The van der Waals surface area contributed by atoms with Crippen LogP contribution in [0.25, 0.3) is 0 Å². The Morgan fingerprint density at radius 1 is 0.944 bits per heavy atom. The molecule has 0 fully saturated rings. The molecule has 2 N–H and O–H groups in total. The number of nitrogens with one attached hydrogen (secondary N) is 1. The zero-order valence-electron chi connectivity index (χ0n) is 20.4. The number of nitrogens with zero attached hydrogens (tertiary/aromatic N) is 1. The van der Waals surface area contributed by atoms with Gasteiger partial charge in [0, 0.05) is 12.8 Å². The van der Waals surface area contributed by atoms with Gasteiger partial charge < -0.3 is 15.2 Å². The molecule has 2 atom stereocenters. The molecule has 0 saturated carbocycles. The molecule has 36 heavy (non-hydrogen) atoms. The van der Waals surface area contributed by atoms with Crippen molar-refractivity contribution in [1.29, 1.82) is 0 Å². The van der Waals surface area contributed by atoms with Crippen molar-refractivity contribution in [2.24, 2.45) is 0 Å². The first-order chi connectivity index (χ1) is 17.3. The predicted octanol–water partition coefficient (Wildman–Crippen LogP) is 4.18. The Hall–Kier alpha value is -4.13. The molecule has 1 aliphatic rings. The van der Waals surface area contributed by atoms with E-state index in [1.807, 2.05) is 86.6 Å². The number of carbonyl (C=O) groups is 3. The maximum atomic E-state index is 13.4. The Balaban J connectivity index is 1.54. The van der Waals surface area contributed by atoms with Crippen LogP contribution < -0.4 is 5.32 Å². The van der Waals surface area contributed by atoms with Gasteiger partial charge in [0.2, 0.25) is 5.91 Å². The fourth-order valence-corrected chi connectivity index (χ4v) is 4.59. The maximum absolute atomic E-state index is 13.4. The van der Waals surface area contributed by atoms with Crippen LogP contribution in [0.15, 0.2) is 72.8 Å². The zero-order valence-corrected chi connectivity index (χ0v) is 20.4. The Bertz CT molecular complexity index is 1240. The Morgan fingerprint density at radius 3 is 2.25 bits per heavy atom. The van der Waals surface area contributed by atoms with Gasteiger partial charge in [0.05, 0.1) is 6.54 Å². The summed E-state index contributed by atoms with van der Waals surface area (Å²) in [5.41, 5.74) is 5.54. The van der Waals surface area contributed by atoms with Gasteiger partial charge in [-0.3, -0.25) is 9.69 Å². The predicted molar refractivity (Wildman–Crippen MR) is 135 cm³/mol. The van der Waals surface area contributed by atoms with Gasteiger partial charge in [0.25, 0.3) is 0 Å². The smallest absolute Gasteiger partial charge is 0.411 e. The summed E-state index contributed by atoms with van der Waals surface area (Å²) < 4.78 is 5.53. The lowest BCUT2D eigenvalue weighted by molar-refractivity contribution is -0.142. The number of carbonyl (C=O) groups excluding carboxylic acids is 2. The van der Waals surface area contributed by atoms with Crippen molar-refractivity contribution in [3.63, 3.8) is 0 Å². The Labute approximate surface area is 210 Å². The Morgan fingerprint density at radius 2 is 1.58 bits per heavy atom. The summed E-state index contributed by atoms with van der Waals surface area (Å²) in [6.07, 6.45) is -0.186. The zero-order chi connectivity index (χ0) is 25.7. The minimum atomic E-state index is -1.13. The van der Waals surface area contributed by atoms with Crippen molar-refractivity contribution in [1.82, 2.24) is 10.2 Å². The molecular formula is C29H30N2O5. The van der Waals surface area contributed by atoms with Crippen LogP contribution in [0.4, 0.5) is 4.79 Å². The normalized spacial score (nSPS) is 15.5. The summed E-state index contributed by atoms with van der Waals surface area (Å²) >= 11 is 0. The first-order valence-corrected chi connectivity index (χ1v) is 12.0. The number of carboxylic acids is 1. The molecule has 0 radical (unpaired) electrons. The molecular weight excluding hydrogens is 456 g/mol. The molecule has 1 aliphatic heterocycles. The van der Waals surface area contributed by atoms with Gasteiger partial charge >= 0.3 is 12.1 Å². The van der Waals surface area contributed by atoms with Gasteiger partial charge in [-0.1, -0.05) is 72.8 Å². The second kappa shape index (κ2) is 11.1. The summed E-state index contributed by atoms with van der Waals surface area (Å²) in [6, 6.07) is 20.7. The molecule has 7 heteroatoms. The molecule has 0 saturated heterocycles. The number of aryl methyl sites for hydroxylation is 2. The van der Waals surface area contributed by atoms with Crippen LogP contribution >= 0.6 is 0 Å². The quantitative estimate of drug-likeness (QED) is 0.522. The minimum absolute atomic E-state index is 0.0798. The molecule has 1 heterocycles. The number of rotatable bonds is 7. The molecule has 3 aromatic rings. The number of aliphatic carboxylic acids is 1. The lowest BCUT2D eigenvalue weighted by Gasteiger charge is -2.35. The highest BCUT2D eigenvalue weighted by molar-refractivity contribution is 5.90. The number of fused-ring (bicyclic) bond motifs is 1. The summed E-state index contributed by atoms with van der Waals surface area (Å²) in [6.45, 7) is 4.13. The molecule has 0 bridgehead atoms. The summed E-state index contributed by atoms with van der Waals surface area (Å²) in [7, 11) is 0. The fourth-order valence-electron chi connectivity index (χ4n) is 4.59. The average molecular weight is 487 g/mol. The molecule has 0 aromatic heterocycles. The van der Waals surface area contributed by atoms with Crippen LogP contribution in [0.3, 0.4) is 0 Å². The van der Waals surface area contributed by atoms with Gasteiger partial charge in [-0.05, 0) is 47.2 Å². The first-order valence-electron chi connectivity index (χ1n) is 12.0. The number of benzene rings is 3. The highest BCUT2D eigenvalue weighted by Gasteiger charge is 2.37. The molecule has 7 nitrogen and oxygen atoms in total. The van der Waals surface area contributed by atoms with Crippen molar-refractivity contribution in [2.45, 2.75) is 51.9 Å². The van der Waals surface area contributed by atoms with E-state index in [0.717, 1.165) is 33.4 Å². The molecule has 0 aliphatic carbocycles. The van der Waals surface area contributed by atoms with Crippen LogP contribution in [-0.2, 0) is 40.3 Å². The molecule has 2 amide bonds. The van der Waals surface area contributed by atoms with E-state index in [1.165, 1.54) is 4.90 Å². The summed E-state index contributed by atoms with van der Waals surface area (Å²) in [4.78, 5) is 40.0. The maximum Gasteiger partial charge on any atom is 0.411 e. The van der Waals surface area contributed by atoms with Crippen molar-refractivity contribution in [2.75, 3.05) is 0 Å². The monoisotopic (exact) mass is 486 g/mol. The topological polar surface area (TPSA) is 95.9 Å². The average Bonchev–Trinajstić information content (AvgIpc) is 2.88. The highest BCUT2D eigenvalue weighted by Crippen LogP contribution is 2.25. The van der Waals surface area contributed by atoms with Gasteiger partial charge in [0.1, 0.15) is 18.7 Å². The van der Waals surface area contributed by atoms with E-state index < -0.39 is 30.1 Å². The largest absolute Gasteiger partial charge is 0.480 e. The third-order valence-corrected chi connectivity index (χ3v) is 6.66. The van der Waals surface area contributed by atoms with E-state index >= 15 is 0 Å². The van der Waals surface area contributed by atoms with Crippen LogP contribution in [-0.4, -0.2) is 40.1 Å². The van der Waals surface area contributed by atoms with Crippen LogP contribution in [0, 0.1) is 13.8 Å². The lowest BCUT2D eigenvalue weighted by atomic mass is 9.93.